The second-order valence-electron chi connectivity index (χ2n) is 3.97. The summed E-state index contributed by atoms with van der Waals surface area (Å²) in [6.07, 6.45) is 0. The van der Waals surface area contributed by atoms with Crippen molar-refractivity contribution in [1.82, 2.24) is 0 Å². The first kappa shape index (κ1) is 15.4. The van der Waals surface area contributed by atoms with Gasteiger partial charge in [0.1, 0.15) is 5.82 Å². The summed E-state index contributed by atoms with van der Waals surface area (Å²) in [5, 5.41) is 9.52. The molecule has 2 aromatic carbocycles. The van der Waals surface area contributed by atoms with Gasteiger partial charge in [0.15, 0.2) is 0 Å². The van der Waals surface area contributed by atoms with E-state index in [2.05, 4.69) is 15.9 Å². The summed E-state index contributed by atoms with van der Waals surface area (Å²) < 4.78 is 14.1. The standard InChI is InChI=1S/C14H9BrClFO2S/c15-12-3-2-10(6-11(12)14(18)19)20-7-8-5-9(16)1-4-13(8)17/h1-6H,7H2,(H,18,19). The van der Waals surface area contributed by atoms with Gasteiger partial charge in [0, 0.05) is 20.1 Å². The third kappa shape index (κ3) is 3.75. The molecule has 0 saturated carbocycles. The predicted octanol–water partition coefficient (Wildman–Crippen LogP) is 5.23. The number of thioether (sulfide) groups is 1. The van der Waals surface area contributed by atoms with Gasteiger partial charge in [-0.15, -0.1) is 11.8 Å². The van der Waals surface area contributed by atoms with Crippen LogP contribution in [-0.2, 0) is 5.75 Å². The van der Waals surface area contributed by atoms with Crippen LogP contribution in [0.25, 0.3) is 0 Å². The highest BCUT2D eigenvalue weighted by Crippen LogP contribution is 2.29. The van der Waals surface area contributed by atoms with Crippen LogP contribution in [0.15, 0.2) is 45.8 Å². The molecule has 0 aliphatic heterocycles. The van der Waals surface area contributed by atoms with E-state index in [9.17, 15) is 9.18 Å². The topological polar surface area (TPSA) is 37.3 Å². The van der Waals surface area contributed by atoms with Gasteiger partial charge in [0.25, 0.3) is 0 Å². The van der Waals surface area contributed by atoms with E-state index in [1.807, 2.05) is 0 Å². The van der Waals surface area contributed by atoms with Crippen molar-refractivity contribution in [2.24, 2.45) is 0 Å². The molecule has 1 N–H and O–H groups in total. The molecule has 0 atom stereocenters. The Bertz CT molecular complexity index is 664. The van der Waals surface area contributed by atoms with Crippen molar-refractivity contribution in [2.45, 2.75) is 10.6 Å². The van der Waals surface area contributed by atoms with E-state index in [0.29, 0.717) is 20.8 Å². The molecule has 2 nitrogen and oxygen atoms in total. The van der Waals surface area contributed by atoms with Crippen LogP contribution in [0.4, 0.5) is 4.39 Å². The molecule has 0 fully saturated rings. The molecule has 20 heavy (non-hydrogen) atoms. The number of carbonyl (C=O) groups is 1. The van der Waals surface area contributed by atoms with E-state index in [4.69, 9.17) is 16.7 Å². The SMILES string of the molecule is O=C(O)c1cc(SCc2cc(Cl)ccc2F)ccc1Br. The van der Waals surface area contributed by atoms with E-state index >= 15 is 0 Å². The maximum atomic E-state index is 13.6. The third-order valence-corrected chi connectivity index (χ3v) is 4.54. The molecule has 0 amide bonds. The van der Waals surface area contributed by atoms with Crippen LogP contribution in [-0.4, -0.2) is 11.1 Å². The van der Waals surface area contributed by atoms with Gasteiger partial charge in [-0.2, -0.15) is 0 Å². The summed E-state index contributed by atoms with van der Waals surface area (Å²) in [6.45, 7) is 0. The summed E-state index contributed by atoms with van der Waals surface area (Å²) in [5.41, 5.74) is 0.670. The average Bonchev–Trinajstić information content (AvgIpc) is 2.41. The molecule has 2 aromatic rings. The molecule has 0 aliphatic rings. The zero-order valence-corrected chi connectivity index (χ0v) is 13.2. The Morgan fingerprint density at radius 2 is 2.05 bits per heavy atom. The minimum absolute atomic E-state index is 0.182. The van der Waals surface area contributed by atoms with E-state index in [1.165, 1.54) is 23.9 Å². The van der Waals surface area contributed by atoms with Gasteiger partial charge < -0.3 is 5.11 Å². The Kier molecular flexibility index (Phi) is 5.07. The lowest BCUT2D eigenvalue weighted by Crippen LogP contribution is -1.97. The summed E-state index contributed by atoms with van der Waals surface area (Å²) in [5.74, 6) is -0.946. The number of halogens is 3. The van der Waals surface area contributed by atoms with Gasteiger partial charge in [0.05, 0.1) is 5.56 Å². The van der Waals surface area contributed by atoms with Crippen LogP contribution in [0.5, 0.6) is 0 Å². The minimum atomic E-state index is -1.01. The maximum Gasteiger partial charge on any atom is 0.336 e. The molecule has 104 valence electrons. The van der Waals surface area contributed by atoms with Crippen molar-refractivity contribution in [3.63, 3.8) is 0 Å². The molecule has 0 bridgehead atoms. The van der Waals surface area contributed by atoms with E-state index in [0.717, 1.165) is 4.90 Å². The molecule has 6 heteroatoms. The average molecular weight is 376 g/mol. The number of rotatable bonds is 4. The lowest BCUT2D eigenvalue weighted by Gasteiger charge is -2.06. The summed E-state index contributed by atoms with van der Waals surface area (Å²) >= 11 is 10.4. The highest BCUT2D eigenvalue weighted by molar-refractivity contribution is 9.10. The molecule has 0 unspecified atom stereocenters. The summed E-state index contributed by atoms with van der Waals surface area (Å²) in [7, 11) is 0. The van der Waals surface area contributed by atoms with Gasteiger partial charge >= 0.3 is 5.97 Å². The number of hydrogen-bond donors (Lipinski definition) is 1. The summed E-state index contributed by atoms with van der Waals surface area (Å²) in [4.78, 5) is 11.8. The first-order chi connectivity index (χ1) is 9.47. The Morgan fingerprint density at radius 1 is 1.30 bits per heavy atom. The zero-order chi connectivity index (χ0) is 14.7. The van der Waals surface area contributed by atoms with Crippen molar-refractivity contribution in [2.75, 3.05) is 0 Å². The number of aromatic carboxylic acids is 1. The number of carboxylic acid groups (broad SMARTS) is 1. The largest absolute Gasteiger partial charge is 0.478 e. The minimum Gasteiger partial charge on any atom is -0.478 e. The first-order valence-electron chi connectivity index (χ1n) is 5.57. The normalized spacial score (nSPS) is 10.6. The molecule has 0 saturated heterocycles. The van der Waals surface area contributed by atoms with Crippen LogP contribution >= 0.6 is 39.3 Å². The molecule has 0 spiro atoms. The predicted molar refractivity (Wildman–Crippen MR) is 82.1 cm³/mol. The summed E-state index contributed by atoms with van der Waals surface area (Å²) in [6, 6.07) is 9.39. The Labute approximate surface area is 133 Å². The van der Waals surface area contributed by atoms with Crippen molar-refractivity contribution >= 4 is 45.3 Å². The molecule has 2 rings (SSSR count). The van der Waals surface area contributed by atoms with E-state index in [1.54, 1.807) is 24.3 Å². The quantitative estimate of drug-likeness (QED) is 0.743. The Morgan fingerprint density at radius 3 is 2.75 bits per heavy atom. The van der Waals surface area contributed by atoms with Crippen molar-refractivity contribution < 1.29 is 14.3 Å². The van der Waals surface area contributed by atoms with Gasteiger partial charge in [-0.25, -0.2) is 9.18 Å². The maximum absolute atomic E-state index is 13.6. The van der Waals surface area contributed by atoms with Crippen LogP contribution in [0, 0.1) is 5.82 Å². The van der Waals surface area contributed by atoms with Crippen LogP contribution in [0.3, 0.4) is 0 Å². The Balaban J connectivity index is 2.17. The number of hydrogen-bond acceptors (Lipinski definition) is 2. The monoisotopic (exact) mass is 374 g/mol. The lowest BCUT2D eigenvalue weighted by atomic mass is 10.2. The molecule has 0 aromatic heterocycles. The van der Waals surface area contributed by atoms with Gasteiger partial charge in [-0.05, 0) is 57.9 Å². The third-order valence-electron chi connectivity index (χ3n) is 2.57. The van der Waals surface area contributed by atoms with Crippen molar-refractivity contribution in [3.8, 4) is 0 Å². The van der Waals surface area contributed by atoms with Gasteiger partial charge in [0.2, 0.25) is 0 Å². The second-order valence-corrected chi connectivity index (χ2v) is 6.31. The highest BCUT2D eigenvalue weighted by atomic mass is 79.9. The smallest absolute Gasteiger partial charge is 0.336 e. The van der Waals surface area contributed by atoms with Gasteiger partial charge in [-0.3, -0.25) is 0 Å². The molecule has 0 heterocycles. The van der Waals surface area contributed by atoms with Crippen LogP contribution in [0.1, 0.15) is 15.9 Å². The fraction of sp³-hybridized carbons (Fsp3) is 0.0714. The van der Waals surface area contributed by atoms with E-state index in [-0.39, 0.29) is 11.4 Å². The molecular weight excluding hydrogens is 367 g/mol. The van der Waals surface area contributed by atoms with Gasteiger partial charge in [-0.1, -0.05) is 11.6 Å². The first-order valence-corrected chi connectivity index (χ1v) is 7.72. The molecule has 0 aliphatic carbocycles. The Hall–Kier alpha value is -1.04. The van der Waals surface area contributed by atoms with E-state index < -0.39 is 5.97 Å². The second kappa shape index (κ2) is 6.61. The number of benzene rings is 2. The zero-order valence-electron chi connectivity index (χ0n) is 10.1. The highest BCUT2D eigenvalue weighted by Gasteiger charge is 2.10. The molecule has 0 radical (unpaired) electrons. The fourth-order valence-electron chi connectivity index (χ4n) is 1.57. The fourth-order valence-corrected chi connectivity index (χ4v) is 3.09. The lowest BCUT2D eigenvalue weighted by molar-refractivity contribution is 0.0695. The van der Waals surface area contributed by atoms with Crippen LogP contribution < -0.4 is 0 Å². The number of carboxylic acids is 1. The molecular formula is C14H9BrClFO2S. The van der Waals surface area contributed by atoms with Crippen molar-refractivity contribution in [1.29, 1.82) is 0 Å². The van der Waals surface area contributed by atoms with Crippen LogP contribution in [0.2, 0.25) is 5.02 Å². The van der Waals surface area contributed by atoms with Crippen molar-refractivity contribution in [3.05, 3.63) is 62.8 Å².